The van der Waals surface area contributed by atoms with Crippen LogP contribution in [0.1, 0.15) is 41.0 Å². The number of hydrogen-bond acceptors (Lipinski definition) is 5. The number of rotatable bonds is 2. The average Bonchev–Trinajstić information content (AvgIpc) is 2.25. The van der Waals surface area contributed by atoms with Crippen LogP contribution in [0.5, 0.6) is 0 Å². The molecule has 0 bridgehead atoms. The first kappa shape index (κ1) is 16.5. The summed E-state index contributed by atoms with van der Waals surface area (Å²) < 4.78 is 10.2. The molecule has 0 saturated carbocycles. The van der Waals surface area contributed by atoms with Gasteiger partial charge < -0.3 is 14.4 Å². The molecular formula is C14H23NO5. The number of carbonyl (C=O) groups excluding carboxylic acids is 3. The van der Waals surface area contributed by atoms with Gasteiger partial charge in [0.1, 0.15) is 11.5 Å². The minimum absolute atomic E-state index is 0.104. The highest BCUT2D eigenvalue weighted by Crippen LogP contribution is 2.19. The molecule has 1 unspecified atom stereocenters. The molecule has 0 aromatic rings. The lowest BCUT2D eigenvalue weighted by molar-refractivity contribution is -0.157. The van der Waals surface area contributed by atoms with Gasteiger partial charge in [-0.15, -0.1) is 0 Å². The fraction of sp³-hybridized carbons (Fsp3) is 0.786. The Kier molecular flexibility index (Phi) is 5.14. The monoisotopic (exact) mass is 285 g/mol. The fourth-order valence-corrected chi connectivity index (χ4v) is 1.87. The van der Waals surface area contributed by atoms with Gasteiger partial charge in [0.05, 0.1) is 12.6 Å². The van der Waals surface area contributed by atoms with Gasteiger partial charge in [-0.05, 0) is 41.0 Å². The molecule has 6 heteroatoms. The summed E-state index contributed by atoms with van der Waals surface area (Å²) in [5.74, 6) is -1.57. The Morgan fingerprint density at radius 3 is 2.35 bits per heavy atom. The molecule has 1 atom stereocenters. The maximum Gasteiger partial charge on any atom is 0.410 e. The Labute approximate surface area is 119 Å². The minimum Gasteiger partial charge on any atom is -0.462 e. The van der Waals surface area contributed by atoms with Gasteiger partial charge in [-0.25, -0.2) is 4.79 Å². The van der Waals surface area contributed by atoms with E-state index in [0.717, 1.165) is 0 Å². The number of esters is 1. The second kappa shape index (κ2) is 6.24. The third-order valence-corrected chi connectivity index (χ3v) is 2.71. The molecule has 0 aromatic carbocycles. The second-order valence-electron chi connectivity index (χ2n) is 6.20. The van der Waals surface area contributed by atoms with E-state index >= 15 is 0 Å². The van der Waals surface area contributed by atoms with Crippen molar-refractivity contribution in [3.63, 3.8) is 0 Å². The van der Waals surface area contributed by atoms with Crippen LogP contribution < -0.4 is 0 Å². The van der Waals surface area contributed by atoms with Crippen molar-refractivity contribution >= 4 is 17.8 Å². The fourth-order valence-electron chi connectivity index (χ4n) is 1.87. The summed E-state index contributed by atoms with van der Waals surface area (Å²) in [6.45, 7) is 8.97. The highest BCUT2D eigenvalue weighted by Gasteiger charge is 2.36. The smallest absolute Gasteiger partial charge is 0.410 e. The van der Waals surface area contributed by atoms with Crippen LogP contribution in [0.25, 0.3) is 0 Å². The van der Waals surface area contributed by atoms with E-state index in [1.54, 1.807) is 34.6 Å². The summed E-state index contributed by atoms with van der Waals surface area (Å²) in [4.78, 5) is 36.9. The highest BCUT2D eigenvalue weighted by atomic mass is 16.6. The van der Waals surface area contributed by atoms with Gasteiger partial charge in [0.15, 0.2) is 5.78 Å². The molecule has 0 aromatic heterocycles. The molecule has 1 saturated heterocycles. The number of ketones is 1. The molecule has 1 aliphatic heterocycles. The van der Waals surface area contributed by atoms with Crippen LogP contribution in [0.2, 0.25) is 0 Å². The quantitative estimate of drug-likeness (QED) is 0.571. The average molecular weight is 285 g/mol. The molecule has 1 aliphatic rings. The zero-order valence-electron chi connectivity index (χ0n) is 12.8. The van der Waals surface area contributed by atoms with Crippen LogP contribution in [0.4, 0.5) is 4.79 Å². The third-order valence-electron chi connectivity index (χ3n) is 2.71. The Morgan fingerprint density at radius 1 is 1.30 bits per heavy atom. The normalized spacial score (nSPS) is 20.0. The maximum atomic E-state index is 11.9. The molecule has 1 fully saturated rings. The van der Waals surface area contributed by atoms with E-state index in [0.29, 0.717) is 6.54 Å². The molecule has 1 heterocycles. The SMILES string of the molecule is CC(C)OC(=O)C1CCN(C(=O)OC(C)(C)C)CC1=O. The third kappa shape index (κ3) is 4.83. The zero-order chi connectivity index (χ0) is 15.5. The van der Waals surface area contributed by atoms with Crippen LogP contribution >= 0.6 is 0 Å². The molecule has 0 N–H and O–H groups in total. The largest absolute Gasteiger partial charge is 0.462 e. The van der Waals surface area contributed by atoms with E-state index in [1.165, 1.54) is 4.90 Å². The van der Waals surface area contributed by atoms with Crippen LogP contribution in [0.15, 0.2) is 0 Å². The van der Waals surface area contributed by atoms with Gasteiger partial charge in [-0.1, -0.05) is 0 Å². The van der Waals surface area contributed by atoms with Crippen LogP contribution in [-0.4, -0.2) is 47.5 Å². The molecule has 114 valence electrons. The van der Waals surface area contributed by atoms with Crippen molar-refractivity contribution < 1.29 is 23.9 Å². The van der Waals surface area contributed by atoms with Crippen LogP contribution in [0, 0.1) is 5.92 Å². The van der Waals surface area contributed by atoms with Crippen LogP contribution in [-0.2, 0) is 19.1 Å². The zero-order valence-corrected chi connectivity index (χ0v) is 12.8. The van der Waals surface area contributed by atoms with Crippen LogP contribution in [0.3, 0.4) is 0 Å². The summed E-state index contributed by atoms with van der Waals surface area (Å²) in [5.41, 5.74) is -0.604. The Morgan fingerprint density at radius 2 is 1.90 bits per heavy atom. The number of piperidine rings is 1. The maximum absolute atomic E-state index is 11.9. The van der Waals surface area contributed by atoms with E-state index in [1.807, 2.05) is 0 Å². The number of amides is 1. The summed E-state index contributed by atoms with van der Waals surface area (Å²) in [6, 6.07) is 0. The molecule has 0 radical (unpaired) electrons. The van der Waals surface area contributed by atoms with Crippen molar-refractivity contribution in [2.24, 2.45) is 5.92 Å². The van der Waals surface area contributed by atoms with E-state index in [2.05, 4.69) is 0 Å². The first-order valence-electron chi connectivity index (χ1n) is 6.81. The number of hydrogen-bond donors (Lipinski definition) is 0. The van der Waals surface area contributed by atoms with E-state index < -0.39 is 23.6 Å². The van der Waals surface area contributed by atoms with E-state index in [4.69, 9.17) is 9.47 Å². The van der Waals surface area contributed by atoms with Crippen molar-refractivity contribution in [1.29, 1.82) is 0 Å². The van der Waals surface area contributed by atoms with Gasteiger partial charge >= 0.3 is 12.1 Å². The first-order valence-corrected chi connectivity index (χ1v) is 6.81. The Hall–Kier alpha value is -1.59. The Balaban J connectivity index is 2.57. The lowest BCUT2D eigenvalue weighted by Gasteiger charge is -2.31. The van der Waals surface area contributed by atoms with Gasteiger partial charge in [-0.2, -0.15) is 0 Å². The van der Waals surface area contributed by atoms with Crippen molar-refractivity contribution in [3.8, 4) is 0 Å². The van der Waals surface area contributed by atoms with Crippen molar-refractivity contribution in [2.75, 3.05) is 13.1 Å². The minimum atomic E-state index is -0.768. The molecule has 20 heavy (non-hydrogen) atoms. The molecule has 6 nitrogen and oxygen atoms in total. The number of carbonyl (C=O) groups is 3. The number of nitrogens with zero attached hydrogens (tertiary/aromatic N) is 1. The molecule has 0 spiro atoms. The predicted octanol–water partition coefficient (Wildman–Crippen LogP) is 1.76. The summed E-state index contributed by atoms with van der Waals surface area (Å²) in [6.07, 6.45) is -0.496. The summed E-state index contributed by atoms with van der Waals surface area (Å²) in [7, 11) is 0. The van der Waals surface area contributed by atoms with Gasteiger partial charge in [0.25, 0.3) is 0 Å². The number of likely N-dealkylation sites (tertiary alicyclic amines) is 1. The van der Waals surface area contributed by atoms with Crippen molar-refractivity contribution in [1.82, 2.24) is 4.90 Å². The van der Waals surface area contributed by atoms with Gasteiger partial charge in [-0.3, -0.25) is 9.59 Å². The topological polar surface area (TPSA) is 72.9 Å². The van der Waals surface area contributed by atoms with Gasteiger partial charge in [0.2, 0.25) is 0 Å². The number of ether oxygens (including phenoxy) is 2. The molecule has 1 amide bonds. The van der Waals surface area contributed by atoms with Crippen molar-refractivity contribution in [3.05, 3.63) is 0 Å². The highest BCUT2D eigenvalue weighted by molar-refractivity contribution is 6.01. The molecular weight excluding hydrogens is 262 g/mol. The van der Waals surface area contributed by atoms with E-state index in [9.17, 15) is 14.4 Å². The van der Waals surface area contributed by atoms with Crippen molar-refractivity contribution in [2.45, 2.75) is 52.7 Å². The second-order valence-corrected chi connectivity index (χ2v) is 6.20. The molecule has 1 rings (SSSR count). The summed E-state index contributed by atoms with van der Waals surface area (Å²) >= 11 is 0. The molecule has 0 aliphatic carbocycles. The Bertz CT molecular complexity index is 397. The van der Waals surface area contributed by atoms with E-state index in [-0.39, 0.29) is 24.9 Å². The lowest BCUT2D eigenvalue weighted by atomic mass is 9.96. The lowest BCUT2D eigenvalue weighted by Crippen LogP contribution is -2.48. The predicted molar refractivity (Wildman–Crippen MR) is 72.1 cm³/mol. The first-order chi connectivity index (χ1) is 9.10. The number of Topliss-reactive ketones (excluding diaryl/α,β-unsaturated/α-hetero) is 1. The standard InChI is InChI=1S/C14H23NO5/c1-9(2)19-12(17)10-6-7-15(8-11(10)16)13(18)20-14(3,4)5/h9-10H,6-8H2,1-5H3. The summed E-state index contributed by atoms with van der Waals surface area (Å²) in [5, 5.41) is 0. The van der Waals surface area contributed by atoms with Gasteiger partial charge in [0, 0.05) is 6.54 Å².